The number of carbonyl (C=O) groups excluding carboxylic acids is 1. The first-order valence-corrected chi connectivity index (χ1v) is 10.3. The molecule has 0 aromatic heterocycles. The summed E-state index contributed by atoms with van der Waals surface area (Å²) in [5.74, 6) is 1.11. The molecule has 1 N–H and O–H groups in total. The zero-order valence-corrected chi connectivity index (χ0v) is 17.7. The van der Waals surface area contributed by atoms with E-state index in [4.69, 9.17) is 11.6 Å². The lowest BCUT2D eigenvalue weighted by Crippen LogP contribution is -2.41. The molecule has 27 heavy (non-hydrogen) atoms. The van der Waals surface area contributed by atoms with Gasteiger partial charge < -0.3 is 5.32 Å². The Kier molecular flexibility index (Phi) is 7.91. The number of benzene rings is 2. The fourth-order valence-corrected chi connectivity index (χ4v) is 4.29. The van der Waals surface area contributed by atoms with E-state index in [0.717, 1.165) is 19.3 Å². The van der Waals surface area contributed by atoms with Crippen molar-refractivity contribution in [3.05, 3.63) is 70.7 Å². The van der Waals surface area contributed by atoms with Crippen LogP contribution in [0.25, 0.3) is 0 Å². The molecule has 0 radical (unpaired) electrons. The van der Waals surface area contributed by atoms with Gasteiger partial charge in [-0.2, -0.15) is 0 Å². The van der Waals surface area contributed by atoms with Gasteiger partial charge in [-0.1, -0.05) is 69.6 Å². The van der Waals surface area contributed by atoms with Crippen LogP contribution in [0.1, 0.15) is 56.5 Å². The van der Waals surface area contributed by atoms with Gasteiger partial charge in [-0.05, 0) is 66.3 Å². The lowest BCUT2D eigenvalue weighted by atomic mass is 9.70. The van der Waals surface area contributed by atoms with Crippen LogP contribution in [0, 0.1) is 17.3 Å². The van der Waals surface area contributed by atoms with Gasteiger partial charge >= 0.3 is 0 Å². The van der Waals surface area contributed by atoms with Crippen molar-refractivity contribution < 1.29 is 4.79 Å². The molecule has 0 bridgehead atoms. The lowest BCUT2D eigenvalue weighted by molar-refractivity contribution is 0.0904. The topological polar surface area (TPSA) is 29.1 Å². The molecule has 0 saturated heterocycles. The molecule has 0 unspecified atom stereocenters. The number of hydrogen-bond acceptors (Lipinski definition) is 1. The normalized spacial score (nSPS) is 11.8. The van der Waals surface area contributed by atoms with Crippen molar-refractivity contribution in [1.82, 2.24) is 5.32 Å². The average Bonchev–Trinajstić information content (AvgIpc) is 2.60. The van der Waals surface area contributed by atoms with E-state index in [1.165, 1.54) is 5.56 Å². The highest BCUT2D eigenvalue weighted by Crippen LogP contribution is 2.37. The SMILES string of the molecule is CC(C)CC(CNC(=O)c1ccc(Cl)cc1)(Cc1ccccc1)CC(C)C. The van der Waals surface area contributed by atoms with Crippen molar-refractivity contribution in [3.8, 4) is 0 Å². The number of halogens is 1. The highest BCUT2D eigenvalue weighted by atomic mass is 35.5. The summed E-state index contributed by atoms with van der Waals surface area (Å²) in [5, 5.41) is 3.85. The Bertz CT molecular complexity index is 697. The summed E-state index contributed by atoms with van der Waals surface area (Å²) in [5.41, 5.74) is 2.04. The minimum atomic E-state index is -0.0309. The van der Waals surface area contributed by atoms with Crippen LogP contribution >= 0.6 is 11.6 Å². The molecule has 2 rings (SSSR count). The van der Waals surface area contributed by atoms with Crippen LogP contribution in [-0.2, 0) is 6.42 Å². The second kappa shape index (κ2) is 9.94. The monoisotopic (exact) mass is 385 g/mol. The molecule has 0 aliphatic carbocycles. The fourth-order valence-electron chi connectivity index (χ4n) is 4.17. The number of rotatable bonds is 9. The van der Waals surface area contributed by atoms with Gasteiger partial charge in [0.2, 0.25) is 0 Å². The van der Waals surface area contributed by atoms with Crippen LogP contribution in [0.4, 0.5) is 0 Å². The molecule has 0 saturated carbocycles. The van der Waals surface area contributed by atoms with Gasteiger partial charge in [0.1, 0.15) is 0 Å². The van der Waals surface area contributed by atoms with E-state index >= 15 is 0 Å². The minimum absolute atomic E-state index is 0.0309. The third-order valence-corrected chi connectivity index (χ3v) is 5.09. The molecule has 2 nitrogen and oxygen atoms in total. The lowest BCUT2D eigenvalue weighted by Gasteiger charge is -2.37. The average molecular weight is 386 g/mol. The zero-order chi connectivity index (χ0) is 19.9. The van der Waals surface area contributed by atoms with E-state index in [9.17, 15) is 4.79 Å². The van der Waals surface area contributed by atoms with Gasteiger partial charge in [0.05, 0.1) is 0 Å². The molecule has 0 atom stereocenters. The molecule has 0 aliphatic heterocycles. The summed E-state index contributed by atoms with van der Waals surface area (Å²) in [6, 6.07) is 17.7. The predicted molar refractivity (Wildman–Crippen MR) is 115 cm³/mol. The molecule has 3 heteroatoms. The summed E-state index contributed by atoms with van der Waals surface area (Å²) in [7, 11) is 0. The van der Waals surface area contributed by atoms with Crippen molar-refractivity contribution in [1.29, 1.82) is 0 Å². The fraction of sp³-hybridized carbons (Fsp3) is 0.458. The first kappa shape index (κ1) is 21.5. The Morgan fingerprint density at radius 1 is 0.926 bits per heavy atom. The van der Waals surface area contributed by atoms with Crippen LogP contribution in [0.5, 0.6) is 0 Å². The molecule has 0 aliphatic rings. The highest BCUT2D eigenvalue weighted by Gasteiger charge is 2.32. The summed E-state index contributed by atoms with van der Waals surface area (Å²) in [6.07, 6.45) is 3.15. The van der Waals surface area contributed by atoms with Crippen LogP contribution in [0.15, 0.2) is 54.6 Å². The Morgan fingerprint density at radius 3 is 2.00 bits per heavy atom. The van der Waals surface area contributed by atoms with Gasteiger partial charge in [-0.15, -0.1) is 0 Å². The Balaban J connectivity index is 2.20. The number of amides is 1. The smallest absolute Gasteiger partial charge is 0.251 e. The largest absolute Gasteiger partial charge is 0.351 e. The minimum Gasteiger partial charge on any atom is -0.351 e. The van der Waals surface area contributed by atoms with E-state index in [2.05, 4.69) is 63.3 Å². The molecule has 1 amide bonds. The van der Waals surface area contributed by atoms with E-state index in [1.54, 1.807) is 24.3 Å². The standard InChI is InChI=1S/C24H32ClNO/c1-18(2)14-24(15-19(3)4,16-20-8-6-5-7-9-20)17-26-23(27)21-10-12-22(25)13-11-21/h5-13,18-19H,14-17H2,1-4H3,(H,26,27). The Morgan fingerprint density at radius 2 is 1.48 bits per heavy atom. The number of hydrogen-bond donors (Lipinski definition) is 1. The van der Waals surface area contributed by atoms with Crippen LogP contribution in [-0.4, -0.2) is 12.5 Å². The first-order valence-electron chi connectivity index (χ1n) is 9.87. The van der Waals surface area contributed by atoms with E-state index in [-0.39, 0.29) is 11.3 Å². The molecule has 146 valence electrons. The molecular formula is C24H32ClNO. The maximum Gasteiger partial charge on any atom is 0.251 e. The van der Waals surface area contributed by atoms with Crippen molar-refractivity contribution >= 4 is 17.5 Å². The number of carbonyl (C=O) groups is 1. The van der Waals surface area contributed by atoms with Crippen LogP contribution in [0.2, 0.25) is 5.02 Å². The highest BCUT2D eigenvalue weighted by molar-refractivity contribution is 6.30. The second-order valence-corrected chi connectivity index (χ2v) is 8.98. The Hall–Kier alpha value is -1.80. The number of nitrogens with one attached hydrogen (secondary N) is 1. The molecule has 2 aromatic rings. The van der Waals surface area contributed by atoms with E-state index in [0.29, 0.717) is 29.0 Å². The third-order valence-electron chi connectivity index (χ3n) is 4.83. The molecular weight excluding hydrogens is 354 g/mol. The van der Waals surface area contributed by atoms with Crippen LogP contribution < -0.4 is 5.32 Å². The quantitative estimate of drug-likeness (QED) is 0.532. The van der Waals surface area contributed by atoms with E-state index < -0.39 is 0 Å². The summed E-state index contributed by atoms with van der Waals surface area (Å²) in [6.45, 7) is 9.74. The van der Waals surface area contributed by atoms with Gasteiger partial charge in [-0.25, -0.2) is 0 Å². The van der Waals surface area contributed by atoms with Gasteiger partial charge in [-0.3, -0.25) is 4.79 Å². The maximum absolute atomic E-state index is 12.7. The summed E-state index contributed by atoms with van der Waals surface area (Å²) < 4.78 is 0. The first-order chi connectivity index (χ1) is 12.8. The second-order valence-electron chi connectivity index (χ2n) is 8.55. The molecule has 0 spiro atoms. The molecule has 0 fully saturated rings. The van der Waals surface area contributed by atoms with Gasteiger partial charge in [0.15, 0.2) is 0 Å². The van der Waals surface area contributed by atoms with Gasteiger partial charge in [0, 0.05) is 17.1 Å². The van der Waals surface area contributed by atoms with E-state index in [1.807, 2.05) is 0 Å². The van der Waals surface area contributed by atoms with Crippen molar-refractivity contribution in [2.24, 2.45) is 17.3 Å². The summed E-state index contributed by atoms with van der Waals surface area (Å²) >= 11 is 5.94. The predicted octanol–water partition coefficient (Wildman–Crippen LogP) is 6.39. The van der Waals surface area contributed by atoms with Crippen LogP contribution in [0.3, 0.4) is 0 Å². The summed E-state index contributed by atoms with van der Waals surface area (Å²) in [4.78, 5) is 12.7. The molecule has 2 aromatic carbocycles. The van der Waals surface area contributed by atoms with Crippen molar-refractivity contribution in [3.63, 3.8) is 0 Å². The Labute approximate surface area is 169 Å². The van der Waals surface area contributed by atoms with Crippen molar-refractivity contribution in [2.45, 2.75) is 47.0 Å². The van der Waals surface area contributed by atoms with Crippen molar-refractivity contribution in [2.75, 3.05) is 6.54 Å². The third kappa shape index (κ3) is 7.03. The molecule has 0 heterocycles. The maximum atomic E-state index is 12.7. The van der Waals surface area contributed by atoms with Gasteiger partial charge in [0.25, 0.3) is 5.91 Å². The zero-order valence-electron chi connectivity index (χ0n) is 17.0.